The quantitative estimate of drug-likeness (QED) is 0.525. The molecule has 0 unspecified atom stereocenters. The molecule has 1 aliphatic rings. The van der Waals surface area contributed by atoms with Crippen molar-refractivity contribution < 1.29 is 18.7 Å². The molecule has 0 saturated carbocycles. The number of benzene rings is 2. The number of ether oxygens (including phenoxy) is 1. The lowest BCUT2D eigenvalue weighted by Gasteiger charge is -2.42. The highest BCUT2D eigenvalue weighted by molar-refractivity contribution is 5.89. The van der Waals surface area contributed by atoms with Gasteiger partial charge in [-0.1, -0.05) is 36.4 Å². The van der Waals surface area contributed by atoms with Crippen LogP contribution in [-0.2, 0) is 10.3 Å². The van der Waals surface area contributed by atoms with Crippen LogP contribution in [0.4, 0.5) is 20.8 Å². The molecule has 176 valence electrons. The number of hydrogen-bond acceptors (Lipinski definition) is 6. The summed E-state index contributed by atoms with van der Waals surface area (Å²) in [5, 5.41) is 6.20. The average molecular weight is 464 g/mol. The molecule has 2 N–H and O–H groups in total. The molecule has 1 fully saturated rings. The molecule has 4 rings (SSSR count). The number of hydrogen-bond donors (Lipinski definition) is 2. The zero-order valence-corrected chi connectivity index (χ0v) is 18.8. The minimum atomic E-state index is -0.498. The van der Waals surface area contributed by atoms with Crippen molar-refractivity contribution in [1.29, 1.82) is 0 Å². The third-order valence-electron chi connectivity index (χ3n) is 5.82. The van der Waals surface area contributed by atoms with Crippen molar-refractivity contribution >= 4 is 23.6 Å². The number of nitrogens with one attached hydrogen (secondary N) is 2. The first-order valence-corrected chi connectivity index (χ1v) is 11.1. The molecule has 0 spiro atoms. The van der Waals surface area contributed by atoms with Gasteiger partial charge >= 0.3 is 12.0 Å². The van der Waals surface area contributed by atoms with Crippen molar-refractivity contribution in [2.45, 2.75) is 25.3 Å². The molecule has 2 heterocycles. The first-order chi connectivity index (χ1) is 16.5. The van der Waals surface area contributed by atoms with Gasteiger partial charge in [0.05, 0.1) is 17.7 Å². The second kappa shape index (κ2) is 10.3. The fourth-order valence-corrected chi connectivity index (χ4v) is 4.03. The van der Waals surface area contributed by atoms with Crippen LogP contribution in [0.25, 0.3) is 0 Å². The largest absolute Gasteiger partial charge is 0.462 e. The Morgan fingerprint density at radius 1 is 1.06 bits per heavy atom. The van der Waals surface area contributed by atoms with Crippen LogP contribution in [0.3, 0.4) is 0 Å². The number of likely N-dealkylation sites (tertiary alicyclic amines) is 1. The molecule has 0 aliphatic carbocycles. The normalized spacial score (nSPS) is 14.8. The summed E-state index contributed by atoms with van der Waals surface area (Å²) >= 11 is 0. The fraction of sp³-hybridized carbons (Fsp3) is 0.280. The maximum absolute atomic E-state index is 13.5. The van der Waals surface area contributed by atoms with Crippen LogP contribution in [0.2, 0.25) is 0 Å². The maximum atomic E-state index is 13.5. The van der Waals surface area contributed by atoms with Gasteiger partial charge in [0.25, 0.3) is 0 Å². The molecule has 34 heavy (non-hydrogen) atoms. The van der Waals surface area contributed by atoms with E-state index in [4.69, 9.17) is 4.74 Å². The Balaban J connectivity index is 1.48. The number of amides is 2. The van der Waals surface area contributed by atoms with E-state index >= 15 is 0 Å². The number of halogens is 1. The van der Waals surface area contributed by atoms with Crippen molar-refractivity contribution in [3.05, 3.63) is 83.9 Å². The zero-order chi connectivity index (χ0) is 24.0. The Labute approximate surface area is 197 Å². The lowest BCUT2D eigenvalue weighted by molar-refractivity contribution is 0.0525. The van der Waals surface area contributed by atoms with Gasteiger partial charge in [0.1, 0.15) is 5.82 Å². The topological polar surface area (TPSA) is 96.5 Å². The molecular formula is C25H26FN5O3. The van der Waals surface area contributed by atoms with Crippen LogP contribution in [0, 0.1) is 5.82 Å². The summed E-state index contributed by atoms with van der Waals surface area (Å²) in [5.74, 6) is -0.489. The molecule has 0 radical (unpaired) electrons. The van der Waals surface area contributed by atoms with Crippen molar-refractivity contribution in [2.75, 3.05) is 30.3 Å². The summed E-state index contributed by atoms with van der Waals surface area (Å²) in [5.41, 5.74) is 1.25. The van der Waals surface area contributed by atoms with E-state index in [2.05, 4.69) is 20.6 Å². The van der Waals surface area contributed by atoms with Gasteiger partial charge in [0.15, 0.2) is 0 Å². The van der Waals surface area contributed by atoms with Crippen molar-refractivity contribution in [2.24, 2.45) is 0 Å². The molecule has 1 aromatic heterocycles. The van der Waals surface area contributed by atoms with E-state index in [1.54, 1.807) is 24.0 Å². The van der Waals surface area contributed by atoms with Gasteiger partial charge in [-0.05, 0) is 43.5 Å². The third-order valence-corrected chi connectivity index (χ3v) is 5.82. The summed E-state index contributed by atoms with van der Waals surface area (Å²) < 4.78 is 18.4. The summed E-state index contributed by atoms with van der Waals surface area (Å²) in [4.78, 5) is 35.0. The van der Waals surface area contributed by atoms with Crippen LogP contribution >= 0.6 is 0 Å². The van der Waals surface area contributed by atoms with Gasteiger partial charge in [0.2, 0.25) is 5.95 Å². The van der Waals surface area contributed by atoms with Gasteiger partial charge in [0, 0.05) is 31.2 Å². The van der Waals surface area contributed by atoms with E-state index in [1.807, 2.05) is 30.3 Å². The minimum absolute atomic E-state index is 0.276. The van der Waals surface area contributed by atoms with E-state index in [0.717, 1.165) is 5.56 Å². The Morgan fingerprint density at radius 3 is 2.41 bits per heavy atom. The van der Waals surface area contributed by atoms with Crippen molar-refractivity contribution in [1.82, 2.24) is 14.9 Å². The van der Waals surface area contributed by atoms with Crippen molar-refractivity contribution in [3.63, 3.8) is 0 Å². The predicted molar refractivity (Wildman–Crippen MR) is 126 cm³/mol. The smallest absolute Gasteiger partial charge is 0.341 e. The van der Waals surface area contributed by atoms with Crippen LogP contribution in [0.5, 0.6) is 0 Å². The van der Waals surface area contributed by atoms with E-state index in [1.165, 1.54) is 24.5 Å². The van der Waals surface area contributed by atoms with Gasteiger partial charge in [-0.15, -0.1) is 0 Å². The first-order valence-electron chi connectivity index (χ1n) is 11.1. The number of anilines is 2. The van der Waals surface area contributed by atoms with E-state index in [-0.39, 0.29) is 18.2 Å². The number of piperidine rings is 1. The van der Waals surface area contributed by atoms with Crippen LogP contribution in [0.1, 0.15) is 35.7 Å². The molecule has 2 aromatic carbocycles. The van der Waals surface area contributed by atoms with E-state index < -0.39 is 17.3 Å². The molecule has 2 amide bonds. The Hall–Kier alpha value is -4.01. The summed E-state index contributed by atoms with van der Waals surface area (Å²) in [6.45, 7) is 2.97. The highest BCUT2D eigenvalue weighted by Gasteiger charge is 2.38. The Kier molecular flexibility index (Phi) is 7.01. The lowest BCUT2D eigenvalue weighted by atomic mass is 9.81. The molecule has 8 nitrogen and oxygen atoms in total. The number of rotatable bonds is 6. The van der Waals surface area contributed by atoms with Gasteiger partial charge in [-0.2, -0.15) is 0 Å². The summed E-state index contributed by atoms with van der Waals surface area (Å²) in [6.07, 6.45) is 4.09. The van der Waals surface area contributed by atoms with Crippen LogP contribution < -0.4 is 10.6 Å². The van der Waals surface area contributed by atoms with Gasteiger partial charge in [-0.3, -0.25) is 0 Å². The lowest BCUT2D eigenvalue weighted by Crippen LogP contribution is -2.50. The van der Waals surface area contributed by atoms with Crippen LogP contribution in [0.15, 0.2) is 67.0 Å². The van der Waals surface area contributed by atoms with Gasteiger partial charge < -0.3 is 20.3 Å². The molecule has 9 heteroatoms. The van der Waals surface area contributed by atoms with Crippen molar-refractivity contribution in [3.8, 4) is 0 Å². The number of urea groups is 1. The zero-order valence-electron chi connectivity index (χ0n) is 18.8. The summed E-state index contributed by atoms with van der Waals surface area (Å²) in [6, 6.07) is 15.5. The number of carbonyl (C=O) groups excluding carboxylic acids is 2. The first kappa shape index (κ1) is 23.2. The minimum Gasteiger partial charge on any atom is -0.462 e. The second-order valence-corrected chi connectivity index (χ2v) is 8.02. The van der Waals surface area contributed by atoms with E-state index in [9.17, 15) is 14.0 Å². The van der Waals surface area contributed by atoms with Gasteiger partial charge in [-0.25, -0.2) is 23.9 Å². The number of esters is 1. The number of carbonyl (C=O) groups is 2. The highest BCUT2D eigenvalue weighted by atomic mass is 19.1. The number of nitrogens with zero attached hydrogens (tertiary/aromatic N) is 3. The Morgan fingerprint density at radius 2 is 1.76 bits per heavy atom. The van der Waals surface area contributed by atoms with E-state index in [0.29, 0.717) is 37.6 Å². The second-order valence-electron chi connectivity index (χ2n) is 8.02. The summed E-state index contributed by atoms with van der Waals surface area (Å²) in [7, 11) is 0. The van der Waals surface area contributed by atoms with Crippen LogP contribution in [-0.4, -0.2) is 46.6 Å². The Bertz CT molecular complexity index is 1130. The molecule has 0 bridgehead atoms. The molecule has 1 aliphatic heterocycles. The monoisotopic (exact) mass is 463 g/mol. The standard InChI is InChI=1S/C25H26FN5O3/c1-2-34-22(32)18-16-27-23(28-17-18)30-25(19-7-4-3-5-8-19)11-13-31(14-12-25)24(33)29-21-10-6-9-20(26)15-21/h3-10,15-17H,2,11-14H2,1H3,(H,29,33)(H,27,28,30). The maximum Gasteiger partial charge on any atom is 0.341 e. The molecular weight excluding hydrogens is 437 g/mol. The predicted octanol–water partition coefficient (Wildman–Crippen LogP) is 4.43. The highest BCUT2D eigenvalue weighted by Crippen LogP contribution is 2.36. The fourth-order valence-electron chi connectivity index (χ4n) is 4.03. The SMILES string of the molecule is CCOC(=O)c1cnc(NC2(c3ccccc3)CCN(C(=O)Nc3cccc(F)c3)CC2)nc1. The molecule has 3 aromatic rings. The number of aromatic nitrogens is 2. The molecule has 1 saturated heterocycles. The average Bonchev–Trinajstić information content (AvgIpc) is 2.85. The molecule has 0 atom stereocenters. The third kappa shape index (κ3) is 5.31.